The lowest BCUT2D eigenvalue weighted by Gasteiger charge is -2.26. The van der Waals surface area contributed by atoms with Crippen molar-refractivity contribution in [1.82, 2.24) is 14.7 Å². The molecule has 0 bridgehead atoms. The number of carboxylic acids is 1. The first-order valence-electron chi connectivity index (χ1n) is 10.4. The van der Waals surface area contributed by atoms with Gasteiger partial charge in [0.05, 0.1) is 17.0 Å². The minimum Gasteiger partial charge on any atom is -0.480 e. The first-order chi connectivity index (χ1) is 16.7. The molecule has 5 N–H and O–H groups in total. The highest BCUT2D eigenvalue weighted by Gasteiger charge is 2.31. The number of benzene rings is 2. The number of ether oxygens (including phenoxy) is 1. The predicted molar refractivity (Wildman–Crippen MR) is 123 cm³/mol. The summed E-state index contributed by atoms with van der Waals surface area (Å²) in [7, 11) is -4.06. The minimum atomic E-state index is -4.06. The smallest absolute Gasteiger partial charge is 0.322 e. The molecular weight excluding hydrogens is 478 g/mol. The van der Waals surface area contributed by atoms with Crippen LogP contribution >= 0.6 is 0 Å². The maximum absolute atomic E-state index is 12.5. The number of nitrogens with zero attached hydrogens (tertiary/aromatic N) is 1. The summed E-state index contributed by atoms with van der Waals surface area (Å²) >= 11 is 0. The number of nitrogens with one attached hydrogen (secondary N) is 4. The Labute approximate surface area is 199 Å². The molecule has 2 aromatic carbocycles. The second kappa shape index (κ2) is 9.95. The summed E-state index contributed by atoms with van der Waals surface area (Å²) in [6.45, 7) is 0. The van der Waals surface area contributed by atoms with Gasteiger partial charge in [0.25, 0.3) is 5.91 Å². The Morgan fingerprint density at radius 2 is 1.94 bits per heavy atom. The number of sulfonamides is 1. The number of H-pyrrole nitrogens is 1. The molecule has 2 amide bonds. The molecule has 1 aliphatic heterocycles. The zero-order valence-electron chi connectivity index (χ0n) is 18.1. The summed E-state index contributed by atoms with van der Waals surface area (Å²) in [5.41, 5.74) is 0.732. The summed E-state index contributed by atoms with van der Waals surface area (Å²) in [6.07, 6.45) is 1.49. The third-order valence-electron chi connectivity index (χ3n) is 5.08. The molecule has 4 rings (SSSR count). The number of amides is 2. The Bertz CT molecular complexity index is 1340. The van der Waals surface area contributed by atoms with Crippen LogP contribution in [0.25, 0.3) is 0 Å². The van der Waals surface area contributed by atoms with E-state index in [0.717, 1.165) is 0 Å². The van der Waals surface area contributed by atoms with Crippen molar-refractivity contribution in [3.63, 3.8) is 0 Å². The lowest BCUT2D eigenvalue weighted by atomic mass is 10.0. The minimum absolute atomic E-state index is 0.0560. The molecule has 182 valence electrons. The number of carboxylic acid groups (broad SMARTS) is 1. The molecule has 1 aliphatic rings. The largest absolute Gasteiger partial charge is 0.480 e. The van der Waals surface area contributed by atoms with Crippen LogP contribution in [0.5, 0.6) is 5.75 Å². The number of aromatic amines is 1. The molecule has 2 atom stereocenters. The van der Waals surface area contributed by atoms with E-state index in [-0.39, 0.29) is 29.4 Å². The standard InChI is InChI=1S/C22H21N5O7S/c28-19(26-22-23-8-9-24-22)12-18-20(29)25-15-10-13(6-7-17(15)34-18)11-16(21(30)31)27-35(32,33)14-4-2-1-3-5-14/h1-10,16,18,27H,11-12H2,(H,25,29)(H,30,31)(H2,23,24,26,28)/t16-,18?/m0/s1. The van der Waals surface area contributed by atoms with Crippen molar-refractivity contribution in [2.75, 3.05) is 10.6 Å². The predicted octanol–water partition coefficient (Wildman–Crippen LogP) is 1.11. The van der Waals surface area contributed by atoms with Crippen molar-refractivity contribution < 1.29 is 32.6 Å². The van der Waals surface area contributed by atoms with Gasteiger partial charge >= 0.3 is 5.97 Å². The number of imidazole rings is 1. The van der Waals surface area contributed by atoms with E-state index in [1.807, 2.05) is 0 Å². The van der Waals surface area contributed by atoms with E-state index in [4.69, 9.17) is 4.74 Å². The summed E-state index contributed by atoms with van der Waals surface area (Å²) in [5.74, 6) is -1.85. The van der Waals surface area contributed by atoms with Crippen LogP contribution in [0.15, 0.2) is 65.8 Å². The average molecular weight is 500 g/mol. The molecule has 0 saturated heterocycles. The fourth-order valence-electron chi connectivity index (χ4n) is 3.41. The van der Waals surface area contributed by atoms with E-state index in [2.05, 4.69) is 25.3 Å². The van der Waals surface area contributed by atoms with Gasteiger partial charge in [-0.05, 0) is 36.2 Å². The number of aliphatic carboxylic acids is 1. The highest BCUT2D eigenvalue weighted by Crippen LogP contribution is 2.32. The van der Waals surface area contributed by atoms with Crippen LogP contribution in [0.3, 0.4) is 0 Å². The Balaban J connectivity index is 1.43. The van der Waals surface area contributed by atoms with E-state index in [1.165, 1.54) is 48.8 Å². The monoisotopic (exact) mass is 499 g/mol. The molecule has 1 unspecified atom stereocenters. The number of aromatic nitrogens is 2. The number of rotatable bonds is 9. The van der Waals surface area contributed by atoms with Gasteiger partial charge in [-0.3, -0.25) is 19.7 Å². The van der Waals surface area contributed by atoms with E-state index in [0.29, 0.717) is 11.3 Å². The van der Waals surface area contributed by atoms with Gasteiger partial charge in [0.1, 0.15) is 11.8 Å². The number of carbonyl (C=O) groups excluding carboxylic acids is 2. The van der Waals surface area contributed by atoms with Crippen molar-refractivity contribution in [2.45, 2.75) is 29.9 Å². The Kier molecular flexibility index (Phi) is 6.80. The van der Waals surface area contributed by atoms with Gasteiger partial charge in [-0.1, -0.05) is 24.3 Å². The van der Waals surface area contributed by atoms with Gasteiger partial charge < -0.3 is 20.1 Å². The van der Waals surface area contributed by atoms with Crippen molar-refractivity contribution in [2.24, 2.45) is 0 Å². The zero-order valence-corrected chi connectivity index (χ0v) is 18.9. The van der Waals surface area contributed by atoms with Crippen LogP contribution in [-0.2, 0) is 30.8 Å². The van der Waals surface area contributed by atoms with Crippen LogP contribution in [0, 0.1) is 0 Å². The molecule has 35 heavy (non-hydrogen) atoms. The summed E-state index contributed by atoms with van der Waals surface area (Å²) < 4.78 is 32.9. The third-order valence-corrected chi connectivity index (χ3v) is 6.57. The maximum atomic E-state index is 12.5. The van der Waals surface area contributed by atoms with Crippen LogP contribution in [-0.4, -0.2) is 53.4 Å². The maximum Gasteiger partial charge on any atom is 0.322 e. The number of carbonyl (C=O) groups is 3. The van der Waals surface area contributed by atoms with Gasteiger partial charge in [-0.15, -0.1) is 0 Å². The van der Waals surface area contributed by atoms with Crippen molar-refractivity contribution in [1.29, 1.82) is 0 Å². The number of hydrogen-bond acceptors (Lipinski definition) is 7. The van der Waals surface area contributed by atoms with Crippen LogP contribution in [0.2, 0.25) is 0 Å². The average Bonchev–Trinajstić information content (AvgIpc) is 3.32. The van der Waals surface area contributed by atoms with E-state index >= 15 is 0 Å². The molecule has 1 aromatic heterocycles. The molecule has 0 saturated carbocycles. The first-order valence-corrected chi connectivity index (χ1v) is 11.9. The highest BCUT2D eigenvalue weighted by atomic mass is 32.2. The lowest BCUT2D eigenvalue weighted by Crippen LogP contribution is -2.42. The Morgan fingerprint density at radius 1 is 1.17 bits per heavy atom. The summed E-state index contributed by atoms with van der Waals surface area (Å²) in [4.78, 5) is 42.9. The van der Waals surface area contributed by atoms with Gasteiger partial charge in [0.2, 0.25) is 21.9 Å². The fraction of sp³-hybridized carbons (Fsp3) is 0.182. The quantitative estimate of drug-likeness (QED) is 0.290. The molecule has 0 fully saturated rings. The second-order valence-corrected chi connectivity index (χ2v) is 9.36. The van der Waals surface area contributed by atoms with Gasteiger partial charge in [0, 0.05) is 12.4 Å². The van der Waals surface area contributed by atoms with Crippen molar-refractivity contribution in [3.8, 4) is 5.75 Å². The summed E-state index contributed by atoms with van der Waals surface area (Å²) in [5, 5.41) is 14.7. The molecule has 12 nitrogen and oxygen atoms in total. The lowest BCUT2D eigenvalue weighted by molar-refractivity contribution is -0.139. The Morgan fingerprint density at radius 3 is 2.63 bits per heavy atom. The number of anilines is 2. The van der Waals surface area contributed by atoms with Crippen molar-refractivity contribution in [3.05, 3.63) is 66.5 Å². The van der Waals surface area contributed by atoms with Crippen LogP contribution in [0.1, 0.15) is 12.0 Å². The number of hydrogen-bond donors (Lipinski definition) is 5. The molecule has 0 radical (unpaired) electrons. The SMILES string of the molecule is O=C(CC1Oc2ccc(C[C@H](NS(=O)(=O)c3ccccc3)C(=O)O)cc2NC1=O)Nc1ncc[nH]1. The second-order valence-electron chi connectivity index (χ2n) is 7.65. The first kappa shape index (κ1) is 23.9. The van der Waals surface area contributed by atoms with E-state index in [9.17, 15) is 27.9 Å². The zero-order chi connectivity index (χ0) is 25.0. The van der Waals surface area contributed by atoms with Gasteiger partial charge in [-0.2, -0.15) is 4.72 Å². The summed E-state index contributed by atoms with van der Waals surface area (Å²) in [6, 6.07) is 10.6. The van der Waals surface area contributed by atoms with Gasteiger partial charge in [-0.25, -0.2) is 13.4 Å². The van der Waals surface area contributed by atoms with E-state index < -0.39 is 40.0 Å². The highest BCUT2D eigenvalue weighted by molar-refractivity contribution is 7.89. The number of fused-ring (bicyclic) bond motifs is 1. The van der Waals surface area contributed by atoms with Crippen molar-refractivity contribution >= 4 is 39.4 Å². The van der Waals surface area contributed by atoms with Gasteiger partial charge in [0.15, 0.2) is 6.10 Å². The molecular formula is C22H21N5O7S. The molecule has 13 heteroatoms. The van der Waals surface area contributed by atoms with E-state index in [1.54, 1.807) is 12.1 Å². The van der Waals surface area contributed by atoms with Crippen LogP contribution < -0.4 is 20.1 Å². The molecule has 0 aliphatic carbocycles. The topological polar surface area (TPSA) is 180 Å². The fourth-order valence-corrected chi connectivity index (χ4v) is 4.62. The molecule has 3 aromatic rings. The van der Waals surface area contributed by atoms with Crippen LogP contribution in [0.4, 0.5) is 11.6 Å². The molecule has 2 heterocycles. The molecule has 0 spiro atoms. The Hall–Kier alpha value is -4.23. The third kappa shape index (κ3) is 5.83. The normalized spacial score (nSPS) is 15.9.